The molecule has 2 aromatic heterocycles. The third-order valence-electron chi connectivity index (χ3n) is 4.95. The molecule has 3 rings (SSSR count). The molecule has 0 spiro atoms. The van der Waals surface area contributed by atoms with Gasteiger partial charge in [-0.1, -0.05) is 18.8 Å². The van der Waals surface area contributed by atoms with E-state index in [2.05, 4.69) is 28.8 Å². The first-order chi connectivity index (χ1) is 14.3. The lowest BCUT2D eigenvalue weighted by Crippen LogP contribution is -2.18. The average molecular weight is 412 g/mol. The van der Waals surface area contributed by atoms with E-state index < -0.39 is 12.0 Å². The van der Waals surface area contributed by atoms with Crippen LogP contribution in [-0.2, 0) is 17.6 Å². The summed E-state index contributed by atoms with van der Waals surface area (Å²) in [7, 11) is 3.92. The zero-order chi connectivity index (χ0) is 22.3. The topological polar surface area (TPSA) is 114 Å². The lowest BCUT2D eigenvalue weighted by Gasteiger charge is -2.19. The highest BCUT2D eigenvalue weighted by Crippen LogP contribution is 2.29. The van der Waals surface area contributed by atoms with Crippen LogP contribution in [0.25, 0.3) is 5.82 Å². The van der Waals surface area contributed by atoms with Crippen LogP contribution in [-0.4, -0.2) is 64.2 Å². The minimum Gasteiger partial charge on any atom is -0.380 e. The molecular formula is C22H29N5O3. The molecule has 1 amide bonds. The van der Waals surface area contributed by atoms with Gasteiger partial charge in [-0.2, -0.15) is 5.10 Å². The average Bonchev–Trinajstić information content (AvgIpc) is 3.11. The Morgan fingerprint density at radius 2 is 2.20 bits per heavy atom. The zero-order valence-corrected chi connectivity index (χ0v) is 17.8. The first-order valence-electron chi connectivity index (χ1n) is 9.85. The number of carbonyl (C=O) groups is 2. The first kappa shape index (κ1) is 23.3. The van der Waals surface area contributed by atoms with Crippen molar-refractivity contribution in [1.82, 2.24) is 19.7 Å². The number of aliphatic hydroxyl groups excluding tert-OH is 1. The third kappa shape index (κ3) is 5.75. The lowest BCUT2D eigenvalue weighted by molar-refractivity contribution is -0.0980. The quantitative estimate of drug-likeness (QED) is 0.709. The molecule has 0 fully saturated rings. The monoisotopic (exact) mass is 411 g/mol. The van der Waals surface area contributed by atoms with Crippen molar-refractivity contribution in [2.75, 3.05) is 20.6 Å². The molecule has 8 heteroatoms. The molecule has 0 saturated heterocycles. The van der Waals surface area contributed by atoms with Gasteiger partial charge in [-0.3, -0.25) is 4.79 Å². The summed E-state index contributed by atoms with van der Waals surface area (Å²) in [5.74, 6) is 6.49. The first-order valence-corrected chi connectivity index (χ1v) is 9.85. The van der Waals surface area contributed by atoms with Gasteiger partial charge in [0.25, 0.3) is 5.91 Å². The number of nitrogens with zero attached hydrogens (tertiary/aromatic N) is 4. The minimum atomic E-state index is -0.682. The fraction of sp³-hybridized carbons (Fsp3) is 0.455. The Kier molecular flexibility index (Phi) is 8.27. The van der Waals surface area contributed by atoms with Crippen molar-refractivity contribution in [3.8, 4) is 17.7 Å². The Balaban J connectivity index is 0.00000155. The predicted molar refractivity (Wildman–Crippen MR) is 114 cm³/mol. The van der Waals surface area contributed by atoms with Crippen molar-refractivity contribution in [3.63, 3.8) is 0 Å². The number of primary amides is 1. The maximum atomic E-state index is 11.8. The van der Waals surface area contributed by atoms with Crippen LogP contribution in [0.1, 0.15) is 47.1 Å². The summed E-state index contributed by atoms with van der Waals surface area (Å²) in [6, 6.07) is 3.62. The maximum Gasteiger partial charge on any atom is 0.269 e. The molecule has 30 heavy (non-hydrogen) atoms. The number of pyridine rings is 1. The van der Waals surface area contributed by atoms with Gasteiger partial charge in [0.1, 0.15) is 12.9 Å². The number of hydrogen-bond donors (Lipinski definition) is 2. The Morgan fingerprint density at radius 1 is 1.47 bits per heavy atom. The van der Waals surface area contributed by atoms with Crippen LogP contribution in [0.2, 0.25) is 0 Å². The molecule has 0 bridgehead atoms. The van der Waals surface area contributed by atoms with E-state index in [1.165, 1.54) is 0 Å². The molecule has 8 nitrogen and oxygen atoms in total. The smallest absolute Gasteiger partial charge is 0.269 e. The second-order valence-electron chi connectivity index (χ2n) is 7.68. The van der Waals surface area contributed by atoms with Gasteiger partial charge in [0.05, 0.1) is 5.69 Å². The summed E-state index contributed by atoms with van der Waals surface area (Å²) in [5.41, 5.74) is 8.54. The summed E-state index contributed by atoms with van der Waals surface area (Å²) < 4.78 is 1.72. The normalized spacial score (nSPS) is 16.0. The maximum absolute atomic E-state index is 11.8. The molecule has 1 aliphatic rings. The van der Waals surface area contributed by atoms with E-state index in [0.29, 0.717) is 23.9 Å². The number of fused-ring (bicyclic) bond motifs is 1. The van der Waals surface area contributed by atoms with Crippen molar-refractivity contribution in [1.29, 1.82) is 0 Å². The van der Waals surface area contributed by atoms with Gasteiger partial charge in [-0.05, 0) is 57.8 Å². The van der Waals surface area contributed by atoms with E-state index in [-0.39, 0.29) is 0 Å². The van der Waals surface area contributed by atoms with Crippen LogP contribution in [0.4, 0.5) is 0 Å². The molecule has 0 aromatic carbocycles. The van der Waals surface area contributed by atoms with Crippen LogP contribution in [0.15, 0.2) is 18.3 Å². The molecule has 160 valence electrons. The van der Waals surface area contributed by atoms with E-state index in [4.69, 9.17) is 10.5 Å². The van der Waals surface area contributed by atoms with E-state index in [0.717, 1.165) is 42.6 Å². The number of aromatic nitrogens is 3. The van der Waals surface area contributed by atoms with Gasteiger partial charge in [0.2, 0.25) is 0 Å². The largest absolute Gasteiger partial charge is 0.380 e. The summed E-state index contributed by atoms with van der Waals surface area (Å²) in [6.07, 6.45) is 4.21. The van der Waals surface area contributed by atoms with Crippen molar-refractivity contribution < 1.29 is 14.7 Å². The molecule has 0 radical (unpaired) electrons. The highest BCUT2D eigenvalue weighted by atomic mass is 16.3. The second kappa shape index (κ2) is 10.7. The highest BCUT2D eigenvalue weighted by Gasteiger charge is 2.27. The summed E-state index contributed by atoms with van der Waals surface area (Å²) in [5, 5.41) is 14.5. The molecule has 0 aliphatic heterocycles. The van der Waals surface area contributed by atoms with Gasteiger partial charge in [0.15, 0.2) is 11.5 Å². The van der Waals surface area contributed by atoms with Crippen LogP contribution in [0, 0.1) is 17.8 Å². The SMILES string of the molecule is C=O.CC1CCc2c(C(N)=O)nn(-c3cc(C#CC(O)CCN(C)C)ccn3)c2C1. The highest BCUT2D eigenvalue weighted by molar-refractivity contribution is 5.92. The van der Waals surface area contributed by atoms with Gasteiger partial charge in [-0.25, -0.2) is 9.67 Å². The van der Waals surface area contributed by atoms with Crippen molar-refractivity contribution in [3.05, 3.63) is 40.8 Å². The Labute approximate surface area is 177 Å². The van der Waals surface area contributed by atoms with Crippen molar-refractivity contribution in [2.24, 2.45) is 11.7 Å². The number of aliphatic hydroxyl groups is 1. The van der Waals surface area contributed by atoms with Crippen molar-refractivity contribution >= 4 is 12.7 Å². The fourth-order valence-electron chi connectivity index (χ4n) is 3.40. The van der Waals surface area contributed by atoms with Crippen LogP contribution in [0.5, 0.6) is 0 Å². The number of amides is 1. The molecule has 2 heterocycles. The zero-order valence-electron chi connectivity index (χ0n) is 17.8. The Morgan fingerprint density at radius 3 is 2.87 bits per heavy atom. The summed E-state index contributed by atoms with van der Waals surface area (Å²) >= 11 is 0. The van der Waals surface area contributed by atoms with Gasteiger partial charge < -0.3 is 20.5 Å². The molecule has 1 aliphatic carbocycles. The van der Waals surface area contributed by atoms with E-state index in [1.54, 1.807) is 16.9 Å². The second-order valence-corrected chi connectivity index (χ2v) is 7.68. The number of nitrogens with two attached hydrogens (primary N) is 1. The predicted octanol–water partition coefficient (Wildman–Crippen LogP) is 0.970. The van der Waals surface area contributed by atoms with Crippen LogP contribution < -0.4 is 5.73 Å². The van der Waals surface area contributed by atoms with Gasteiger partial charge in [0, 0.05) is 23.9 Å². The van der Waals surface area contributed by atoms with Crippen LogP contribution in [0.3, 0.4) is 0 Å². The number of hydrogen-bond acceptors (Lipinski definition) is 6. The lowest BCUT2D eigenvalue weighted by atomic mass is 9.88. The van der Waals surface area contributed by atoms with Gasteiger partial charge in [-0.15, -0.1) is 0 Å². The van der Waals surface area contributed by atoms with Crippen LogP contribution >= 0.6 is 0 Å². The van der Waals surface area contributed by atoms with Gasteiger partial charge >= 0.3 is 0 Å². The van der Waals surface area contributed by atoms with E-state index in [1.807, 2.05) is 31.9 Å². The van der Waals surface area contributed by atoms with Crippen molar-refractivity contribution in [2.45, 2.75) is 38.7 Å². The van der Waals surface area contributed by atoms with E-state index in [9.17, 15) is 9.90 Å². The molecule has 3 N–H and O–H groups in total. The standard InChI is InChI=1S/C21H27N5O2.CH2O/c1-14-4-7-17-18(12-14)26(24-20(17)21(22)28)19-13-15(8-10-23-19)5-6-16(27)9-11-25(2)3;1-2/h8,10,13-14,16,27H,4,7,9,11-12H2,1-3H3,(H2,22,28);1H2. The molecule has 2 unspecified atom stereocenters. The molecule has 0 saturated carbocycles. The molecule has 2 aromatic rings. The summed E-state index contributed by atoms with van der Waals surface area (Å²) in [6.45, 7) is 4.96. The third-order valence-corrected chi connectivity index (χ3v) is 4.95. The summed E-state index contributed by atoms with van der Waals surface area (Å²) in [4.78, 5) is 26.2. The molecular weight excluding hydrogens is 382 g/mol. The molecule has 2 atom stereocenters. The van der Waals surface area contributed by atoms with E-state index >= 15 is 0 Å². The number of rotatable bonds is 5. The Hall–Kier alpha value is -3.02. The Bertz CT molecular complexity index is 942. The fourth-order valence-corrected chi connectivity index (χ4v) is 3.40. The number of carbonyl (C=O) groups excluding carboxylic acids is 2. The minimum absolute atomic E-state index is 0.333.